The van der Waals surface area contributed by atoms with Crippen molar-refractivity contribution < 1.29 is 41.9 Å². The van der Waals surface area contributed by atoms with Gasteiger partial charge in [0.1, 0.15) is 21.9 Å². The van der Waals surface area contributed by atoms with Crippen molar-refractivity contribution in [3.63, 3.8) is 0 Å². The summed E-state index contributed by atoms with van der Waals surface area (Å²) in [7, 11) is -3.08. The van der Waals surface area contributed by atoms with Crippen molar-refractivity contribution in [1.82, 2.24) is 41.3 Å². The average molecular weight is 806 g/mol. The van der Waals surface area contributed by atoms with Crippen molar-refractivity contribution in [2.75, 3.05) is 45.6 Å². The van der Waals surface area contributed by atoms with Crippen molar-refractivity contribution in [3.8, 4) is 0 Å². The first-order chi connectivity index (χ1) is 26.7. The molecule has 0 radical (unpaired) electrons. The number of rotatable bonds is 10. The van der Waals surface area contributed by atoms with Gasteiger partial charge in [0.2, 0.25) is 29.5 Å². The second-order valence-corrected chi connectivity index (χ2v) is 19.5. The zero-order valence-corrected chi connectivity index (χ0v) is 33.1. The monoisotopic (exact) mass is 805 g/mol. The van der Waals surface area contributed by atoms with Crippen LogP contribution < -0.4 is 32.3 Å². The Balaban J connectivity index is 0.825. The van der Waals surface area contributed by atoms with Crippen LogP contribution in [-0.2, 0) is 38.5 Å². The number of carbonyl (C=O) groups excluding carboxylic acids is 6. The van der Waals surface area contributed by atoms with Crippen LogP contribution in [0.5, 0.6) is 0 Å². The van der Waals surface area contributed by atoms with Crippen molar-refractivity contribution in [2.45, 2.75) is 131 Å². The minimum absolute atomic E-state index is 0.0650. The molecule has 0 aromatic heterocycles. The Kier molecular flexibility index (Phi) is 12.7. The number of nitrogens with one attached hydrogen (secondary N) is 5. The molecule has 56 heavy (non-hydrogen) atoms. The maximum atomic E-state index is 13.4. The Morgan fingerprint density at radius 1 is 0.875 bits per heavy atom. The fourth-order valence-corrected chi connectivity index (χ4v) is 11.4. The summed E-state index contributed by atoms with van der Waals surface area (Å²) < 4.78 is 29.8. The van der Waals surface area contributed by atoms with Crippen LogP contribution in [0.4, 0.5) is 4.79 Å². The molecule has 0 aromatic carbocycles. The van der Waals surface area contributed by atoms with E-state index < -0.39 is 57.8 Å². The van der Waals surface area contributed by atoms with E-state index in [-0.39, 0.29) is 66.0 Å². The molecule has 2 saturated carbocycles. The van der Waals surface area contributed by atoms with E-state index in [4.69, 9.17) is 10.5 Å². The van der Waals surface area contributed by atoms with Crippen LogP contribution in [0.15, 0.2) is 0 Å². The lowest BCUT2D eigenvalue weighted by Crippen LogP contribution is -2.74. The predicted molar refractivity (Wildman–Crippen MR) is 202 cm³/mol. The van der Waals surface area contributed by atoms with E-state index in [0.29, 0.717) is 58.2 Å². The molecule has 7 N–H and O–H groups in total. The number of hydrogen-bond donors (Lipinski definition) is 6. The van der Waals surface area contributed by atoms with Gasteiger partial charge in [0, 0.05) is 43.9 Å². The minimum Gasteiger partial charge on any atom is -0.449 e. The Morgan fingerprint density at radius 3 is 2.30 bits per heavy atom. The van der Waals surface area contributed by atoms with Crippen molar-refractivity contribution in [2.24, 2.45) is 23.5 Å². The van der Waals surface area contributed by atoms with Gasteiger partial charge in [0.05, 0.1) is 36.0 Å². The number of nitrogens with two attached hydrogens (primary N) is 1. The van der Waals surface area contributed by atoms with E-state index >= 15 is 0 Å². The molecule has 312 valence electrons. The Morgan fingerprint density at radius 2 is 1.61 bits per heavy atom. The largest absolute Gasteiger partial charge is 0.449 e. The van der Waals surface area contributed by atoms with E-state index in [2.05, 4.69) is 36.4 Å². The topological polar surface area (TPSA) is 242 Å². The molecule has 7 rings (SSSR count). The molecule has 7 aliphatic rings. The summed E-state index contributed by atoms with van der Waals surface area (Å²) in [6.45, 7) is 3.88. The smallest absolute Gasteiger partial charge is 0.407 e. The van der Waals surface area contributed by atoms with Gasteiger partial charge < -0.3 is 26.0 Å². The molecule has 0 aromatic rings. The number of imide groups is 2. The first-order valence-electron chi connectivity index (χ1n) is 20.6. The Bertz CT molecular complexity index is 1630. The number of sulfone groups is 1. The number of likely N-dealkylation sites (tertiary alicyclic amines) is 3. The molecule has 0 spiro atoms. The van der Waals surface area contributed by atoms with Gasteiger partial charge in [0.25, 0.3) is 0 Å². The van der Waals surface area contributed by atoms with Crippen LogP contribution >= 0.6 is 0 Å². The zero-order chi connectivity index (χ0) is 39.7. The van der Waals surface area contributed by atoms with Crippen molar-refractivity contribution in [3.05, 3.63) is 0 Å². The molecule has 6 amide bonds. The number of ether oxygens (including phenoxy) is 1. The second-order valence-electron chi connectivity index (χ2n) is 17.2. The molecule has 5 heterocycles. The maximum Gasteiger partial charge on any atom is 0.407 e. The quantitative estimate of drug-likeness (QED) is 0.138. The molecule has 2 aliphatic carbocycles. The summed E-state index contributed by atoms with van der Waals surface area (Å²) in [6, 6.07) is -1.39. The SMILES string of the molecule is CS(=O)(=O)C1CCC(NC2NC(N3CCC[C@@H](NC(=O)OCC4CCN(C5CCC6C(=O)N([C@H]7CCC(=O)NC7=O)C(=O)C6C5)CC4)C3)CNC2C(N)=O)CC1. The predicted octanol–water partition coefficient (Wildman–Crippen LogP) is -1.51. The highest BCUT2D eigenvalue weighted by molar-refractivity contribution is 7.91. The standard InChI is InChI=1S/C37H59N9O9S/c1-56(53,54)25-7-4-22(5-8-25)40-33-31(32(38)48)39-18-29(42-33)45-14-2-3-23(19-45)41-37(52)55-20-21-12-15-44(16-13-21)24-6-9-26-27(17-24)36(51)46(35(26)50)28-10-11-30(47)43-34(28)49/h21-29,31,33,39-40,42H,2-20H2,1H3,(H2,38,48)(H,41,52)(H,43,47,49)/t22?,23-,24?,25?,26?,27?,28+,29?,31?,33?/m1/s1. The molecule has 5 aliphatic heterocycles. The minimum atomic E-state index is -3.08. The summed E-state index contributed by atoms with van der Waals surface area (Å²) >= 11 is 0. The van der Waals surface area contributed by atoms with Crippen molar-refractivity contribution >= 4 is 45.5 Å². The third kappa shape index (κ3) is 9.22. The normalized spacial score (nSPS) is 36.8. The van der Waals surface area contributed by atoms with Crippen LogP contribution in [0, 0.1) is 17.8 Å². The van der Waals surface area contributed by atoms with Gasteiger partial charge in [0.15, 0.2) is 0 Å². The number of alkyl carbamates (subject to hydrolysis) is 1. The van der Waals surface area contributed by atoms with Crippen LogP contribution in [0.2, 0.25) is 0 Å². The summed E-state index contributed by atoms with van der Waals surface area (Å²) in [5.74, 6) is -2.62. The number of piperazine rings is 1. The zero-order valence-electron chi connectivity index (χ0n) is 32.3. The van der Waals surface area contributed by atoms with Gasteiger partial charge in [-0.3, -0.25) is 49.7 Å². The summed E-state index contributed by atoms with van der Waals surface area (Å²) in [6.07, 6.45) is 8.56. The van der Waals surface area contributed by atoms with Gasteiger partial charge >= 0.3 is 6.09 Å². The molecule has 0 bridgehead atoms. The fourth-order valence-electron chi connectivity index (χ4n) is 10.3. The van der Waals surface area contributed by atoms with E-state index in [1.807, 2.05) is 0 Å². The first kappa shape index (κ1) is 40.9. The van der Waals surface area contributed by atoms with Gasteiger partial charge in [-0.25, -0.2) is 13.2 Å². The lowest BCUT2D eigenvalue weighted by atomic mass is 9.77. The number of primary amides is 1. The highest BCUT2D eigenvalue weighted by Crippen LogP contribution is 2.42. The molecule has 19 heteroatoms. The van der Waals surface area contributed by atoms with Crippen LogP contribution in [0.25, 0.3) is 0 Å². The number of carbonyl (C=O) groups is 6. The number of piperidine rings is 3. The molecule has 8 atom stereocenters. The molecule has 6 unspecified atom stereocenters. The summed E-state index contributed by atoms with van der Waals surface area (Å²) in [5, 5.41) is 15.4. The first-order valence-corrected chi connectivity index (χ1v) is 22.6. The molecular formula is C37H59N9O9S. The molecular weight excluding hydrogens is 747 g/mol. The van der Waals surface area contributed by atoms with Gasteiger partial charge in [-0.2, -0.15) is 0 Å². The van der Waals surface area contributed by atoms with Crippen molar-refractivity contribution in [1.29, 1.82) is 0 Å². The van der Waals surface area contributed by atoms with Gasteiger partial charge in [-0.1, -0.05) is 0 Å². The van der Waals surface area contributed by atoms with Crippen LogP contribution in [0.3, 0.4) is 0 Å². The Labute approximate surface area is 328 Å². The number of nitrogens with zero attached hydrogens (tertiary/aromatic N) is 3. The van der Waals surface area contributed by atoms with E-state index in [9.17, 15) is 37.2 Å². The lowest BCUT2D eigenvalue weighted by molar-refractivity contribution is -0.151. The highest BCUT2D eigenvalue weighted by Gasteiger charge is 2.54. The maximum absolute atomic E-state index is 13.4. The number of amides is 6. The highest BCUT2D eigenvalue weighted by atomic mass is 32.2. The van der Waals surface area contributed by atoms with Gasteiger partial charge in [-0.15, -0.1) is 0 Å². The van der Waals surface area contributed by atoms with Crippen LogP contribution in [-0.4, -0.2) is 152 Å². The van der Waals surface area contributed by atoms with Gasteiger partial charge in [-0.05, 0) is 103 Å². The average Bonchev–Trinajstić information content (AvgIpc) is 3.42. The van der Waals surface area contributed by atoms with E-state index in [0.717, 1.165) is 56.6 Å². The summed E-state index contributed by atoms with van der Waals surface area (Å²) in [4.78, 5) is 81.8. The third-order valence-electron chi connectivity index (χ3n) is 13.5. The second kappa shape index (κ2) is 17.3. The Hall–Kier alpha value is -3.23. The summed E-state index contributed by atoms with van der Waals surface area (Å²) in [5.41, 5.74) is 5.75. The fraction of sp³-hybridized carbons (Fsp3) is 0.838. The lowest BCUT2D eigenvalue weighted by Gasteiger charge is -2.46. The van der Waals surface area contributed by atoms with E-state index in [1.54, 1.807) is 0 Å². The number of fused-ring (bicyclic) bond motifs is 1. The molecule has 7 fully saturated rings. The van der Waals surface area contributed by atoms with Crippen LogP contribution in [0.1, 0.15) is 83.5 Å². The third-order valence-corrected chi connectivity index (χ3v) is 15.2. The van der Waals surface area contributed by atoms with E-state index in [1.165, 1.54) is 6.26 Å². The number of hydrogen-bond acceptors (Lipinski definition) is 14. The molecule has 5 saturated heterocycles. The molecule has 18 nitrogen and oxygen atoms in total.